The minimum atomic E-state index is -0.820. The van der Waals surface area contributed by atoms with Gasteiger partial charge in [-0.2, -0.15) is 0 Å². The number of rotatable bonds is 2. The van der Waals surface area contributed by atoms with E-state index in [1.165, 1.54) is 11.0 Å². The van der Waals surface area contributed by atoms with Crippen molar-refractivity contribution in [3.05, 3.63) is 35.4 Å². The van der Waals surface area contributed by atoms with E-state index < -0.39 is 23.1 Å². The van der Waals surface area contributed by atoms with Gasteiger partial charge in [-0.3, -0.25) is 4.79 Å². The topological polar surface area (TPSA) is 46.3 Å². The Labute approximate surface area is 111 Å². The van der Waals surface area contributed by atoms with Crippen molar-refractivity contribution in [2.24, 2.45) is 11.7 Å². The first-order valence-electron chi connectivity index (χ1n) is 6.49. The second-order valence-electron chi connectivity index (χ2n) is 5.11. The van der Waals surface area contributed by atoms with Gasteiger partial charge in [0.25, 0.3) is 5.91 Å². The number of hydrogen-bond donors (Lipinski definition) is 1. The Kier molecular flexibility index (Phi) is 4.14. The summed E-state index contributed by atoms with van der Waals surface area (Å²) < 4.78 is 27.3. The van der Waals surface area contributed by atoms with Crippen LogP contribution in [-0.4, -0.2) is 29.9 Å². The SMILES string of the molecule is CC1CCN(C(=O)c2c(F)cccc2F)C(CN)C1. The van der Waals surface area contributed by atoms with Crippen LogP contribution in [0.5, 0.6) is 0 Å². The lowest BCUT2D eigenvalue weighted by molar-refractivity contribution is 0.0564. The summed E-state index contributed by atoms with van der Waals surface area (Å²) in [5.74, 6) is -1.76. The molecule has 0 saturated carbocycles. The van der Waals surface area contributed by atoms with Crippen LogP contribution in [0.3, 0.4) is 0 Å². The van der Waals surface area contributed by atoms with Crippen LogP contribution in [0.15, 0.2) is 18.2 Å². The number of nitrogens with zero attached hydrogens (tertiary/aromatic N) is 1. The molecule has 2 rings (SSSR count). The van der Waals surface area contributed by atoms with E-state index in [1.807, 2.05) is 0 Å². The summed E-state index contributed by atoms with van der Waals surface area (Å²) in [4.78, 5) is 13.8. The molecule has 1 aliphatic rings. The van der Waals surface area contributed by atoms with Gasteiger partial charge in [0, 0.05) is 19.1 Å². The third-order valence-electron chi connectivity index (χ3n) is 3.69. The zero-order valence-corrected chi connectivity index (χ0v) is 10.9. The number of likely N-dealkylation sites (tertiary alicyclic amines) is 1. The molecule has 2 N–H and O–H groups in total. The van der Waals surface area contributed by atoms with Crippen molar-refractivity contribution in [3.63, 3.8) is 0 Å². The molecular weight excluding hydrogens is 250 g/mol. The molecule has 0 aliphatic carbocycles. The molecule has 1 aromatic carbocycles. The summed E-state index contributed by atoms with van der Waals surface area (Å²) >= 11 is 0. The number of benzene rings is 1. The molecule has 0 aromatic heterocycles. The van der Waals surface area contributed by atoms with Gasteiger partial charge in [-0.25, -0.2) is 8.78 Å². The zero-order chi connectivity index (χ0) is 14.0. The predicted octanol–water partition coefficient (Wildman–Crippen LogP) is 2.16. The number of hydrogen-bond acceptors (Lipinski definition) is 2. The van der Waals surface area contributed by atoms with Gasteiger partial charge >= 0.3 is 0 Å². The van der Waals surface area contributed by atoms with E-state index in [1.54, 1.807) is 0 Å². The second-order valence-corrected chi connectivity index (χ2v) is 5.11. The number of amides is 1. The van der Waals surface area contributed by atoms with Crippen LogP contribution in [-0.2, 0) is 0 Å². The molecule has 0 spiro atoms. The normalized spacial score (nSPS) is 23.5. The first-order chi connectivity index (χ1) is 9.04. The highest BCUT2D eigenvalue weighted by molar-refractivity contribution is 5.95. The maximum Gasteiger partial charge on any atom is 0.260 e. The Morgan fingerprint density at radius 1 is 1.42 bits per heavy atom. The molecule has 1 fully saturated rings. The second kappa shape index (κ2) is 5.65. The van der Waals surface area contributed by atoms with Gasteiger partial charge in [0.1, 0.15) is 17.2 Å². The minimum absolute atomic E-state index is 0.143. The fraction of sp³-hybridized carbons (Fsp3) is 0.500. The van der Waals surface area contributed by atoms with E-state index >= 15 is 0 Å². The van der Waals surface area contributed by atoms with Crippen LogP contribution in [0.25, 0.3) is 0 Å². The summed E-state index contributed by atoms with van der Waals surface area (Å²) in [6.07, 6.45) is 1.61. The molecule has 0 bridgehead atoms. The van der Waals surface area contributed by atoms with Gasteiger partial charge in [0.05, 0.1) is 0 Å². The van der Waals surface area contributed by atoms with Gasteiger partial charge in [0.2, 0.25) is 0 Å². The number of piperidine rings is 1. The standard InChI is InChI=1S/C14H18F2N2O/c1-9-5-6-18(10(7-9)8-17)14(19)13-11(15)3-2-4-12(13)16/h2-4,9-10H,5-8,17H2,1H3. The summed E-state index contributed by atoms with van der Waals surface area (Å²) in [6.45, 7) is 2.90. The lowest BCUT2D eigenvalue weighted by atomic mass is 9.92. The Morgan fingerprint density at radius 3 is 2.63 bits per heavy atom. The van der Waals surface area contributed by atoms with Gasteiger partial charge in [0.15, 0.2) is 0 Å². The van der Waals surface area contributed by atoms with E-state index in [2.05, 4.69) is 6.92 Å². The number of nitrogens with two attached hydrogens (primary N) is 1. The van der Waals surface area contributed by atoms with E-state index in [-0.39, 0.29) is 6.04 Å². The van der Waals surface area contributed by atoms with E-state index in [0.29, 0.717) is 19.0 Å². The van der Waals surface area contributed by atoms with Crippen molar-refractivity contribution in [2.45, 2.75) is 25.8 Å². The Morgan fingerprint density at radius 2 is 2.05 bits per heavy atom. The number of carbonyl (C=O) groups excluding carboxylic acids is 1. The number of carbonyl (C=O) groups is 1. The molecule has 5 heteroatoms. The highest BCUT2D eigenvalue weighted by atomic mass is 19.1. The van der Waals surface area contributed by atoms with Crippen LogP contribution < -0.4 is 5.73 Å². The van der Waals surface area contributed by atoms with Gasteiger partial charge in [-0.15, -0.1) is 0 Å². The van der Waals surface area contributed by atoms with Crippen molar-refractivity contribution in [3.8, 4) is 0 Å². The molecule has 104 valence electrons. The molecule has 3 nitrogen and oxygen atoms in total. The Balaban J connectivity index is 2.28. The van der Waals surface area contributed by atoms with Gasteiger partial charge in [-0.1, -0.05) is 13.0 Å². The fourth-order valence-corrected chi connectivity index (χ4v) is 2.59. The first-order valence-corrected chi connectivity index (χ1v) is 6.49. The molecule has 1 amide bonds. The van der Waals surface area contributed by atoms with Crippen LogP contribution in [0, 0.1) is 17.6 Å². The minimum Gasteiger partial charge on any atom is -0.334 e. The molecule has 0 radical (unpaired) electrons. The average molecular weight is 268 g/mol. The summed E-state index contributed by atoms with van der Waals surface area (Å²) in [6, 6.07) is 3.30. The van der Waals surface area contributed by atoms with Crippen molar-refractivity contribution >= 4 is 5.91 Å². The largest absolute Gasteiger partial charge is 0.334 e. The van der Waals surface area contributed by atoms with E-state index in [9.17, 15) is 13.6 Å². The van der Waals surface area contributed by atoms with Crippen molar-refractivity contribution in [2.75, 3.05) is 13.1 Å². The van der Waals surface area contributed by atoms with Gasteiger partial charge in [-0.05, 0) is 30.9 Å². The third-order valence-corrected chi connectivity index (χ3v) is 3.69. The Hall–Kier alpha value is -1.49. The molecule has 2 unspecified atom stereocenters. The lowest BCUT2D eigenvalue weighted by Gasteiger charge is -2.38. The molecule has 1 heterocycles. The monoisotopic (exact) mass is 268 g/mol. The third kappa shape index (κ3) is 2.76. The smallest absolute Gasteiger partial charge is 0.260 e. The molecule has 1 saturated heterocycles. The average Bonchev–Trinajstić information content (AvgIpc) is 2.38. The number of halogens is 2. The molecular formula is C14H18F2N2O. The van der Waals surface area contributed by atoms with E-state index in [4.69, 9.17) is 5.73 Å². The van der Waals surface area contributed by atoms with Crippen LogP contribution in [0.1, 0.15) is 30.1 Å². The summed E-state index contributed by atoms with van der Waals surface area (Å²) in [5.41, 5.74) is 5.19. The predicted molar refractivity (Wildman–Crippen MR) is 68.6 cm³/mol. The quantitative estimate of drug-likeness (QED) is 0.893. The molecule has 1 aliphatic heterocycles. The van der Waals surface area contributed by atoms with Crippen molar-refractivity contribution < 1.29 is 13.6 Å². The van der Waals surface area contributed by atoms with Crippen LogP contribution in [0.2, 0.25) is 0 Å². The first kappa shape index (κ1) is 13.9. The maximum absolute atomic E-state index is 13.6. The summed E-state index contributed by atoms with van der Waals surface area (Å²) in [7, 11) is 0. The van der Waals surface area contributed by atoms with E-state index in [0.717, 1.165) is 25.0 Å². The highest BCUT2D eigenvalue weighted by Crippen LogP contribution is 2.25. The Bertz CT molecular complexity index is 458. The molecule has 1 aromatic rings. The van der Waals surface area contributed by atoms with Crippen LogP contribution >= 0.6 is 0 Å². The maximum atomic E-state index is 13.6. The van der Waals surface area contributed by atoms with Gasteiger partial charge < -0.3 is 10.6 Å². The lowest BCUT2D eigenvalue weighted by Crippen LogP contribution is -2.49. The molecule has 19 heavy (non-hydrogen) atoms. The van der Waals surface area contributed by atoms with Crippen molar-refractivity contribution in [1.82, 2.24) is 4.90 Å². The highest BCUT2D eigenvalue weighted by Gasteiger charge is 2.32. The fourth-order valence-electron chi connectivity index (χ4n) is 2.59. The van der Waals surface area contributed by atoms with Crippen molar-refractivity contribution in [1.29, 1.82) is 0 Å². The molecule has 2 atom stereocenters. The van der Waals surface area contributed by atoms with Crippen LogP contribution in [0.4, 0.5) is 8.78 Å². The summed E-state index contributed by atoms with van der Waals surface area (Å²) in [5, 5.41) is 0. The zero-order valence-electron chi connectivity index (χ0n) is 10.9.